The monoisotopic (exact) mass is 242 g/mol. The average Bonchev–Trinajstić information content (AvgIpc) is 2.33. The molecule has 0 heterocycles. The van der Waals surface area contributed by atoms with E-state index in [2.05, 4.69) is 31.0 Å². The van der Waals surface area contributed by atoms with Gasteiger partial charge in [0.2, 0.25) is 0 Å². The highest BCUT2D eigenvalue weighted by molar-refractivity contribution is 4.90. The van der Waals surface area contributed by atoms with Gasteiger partial charge in [0.05, 0.1) is 5.70 Å². The van der Waals surface area contributed by atoms with E-state index < -0.39 is 0 Å². The lowest BCUT2D eigenvalue weighted by atomic mass is 10.0. The summed E-state index contributed by atoms with van der Waals surface area (Å²) in [5.41, 5.74) is 0.961. The lowest BCUT2D eigenvalue weighted by Gasteiger charge is -2.05. The van der Waals surface area contributed by atoms with Crippen LogP contribution in [-0.2, 0) is 0 Å². The summed E-state index contributed by atoms with van der Waals surface area (Å²) in [4.78, 5) is 0. The van der Waals surface area contributed by atoms with E-state index in [9.17, 15) is 0 Å². The van der Waals surface area contributed by atoms with Crippen LogP contribution in [0.4, 0.5) is 0 Å². The summed E-state index contributed by atoms with van der Waals surface area (Å²) in [5.74, 6) is 0.963. The third-order valence-corrected chi connectivity index (χ3v) is 2.24. The Morgan fingerprint density at radius 2 is 1.53 bits per heavy atom. The van der Waals surface area contributed by atoms with Gasteiger partial charge in [0.25, 0.3) is 0 Å². The molecule has 0 aliphatic rings. The molecule has 0 bridgehead atoms. The Kier molecular flexibility index (Phi) is 26.3. The smallest absolute Gasteiger partial charge is 0.0552 e. The molecule has 0 radical (unpaired) electrons. The van der Waals surface area contributed by atoms with Crippen molar-refractivity contribution < 1.29 is 0 Å². The maximum atomic E-state index is 3.73. The lowest BCUT2D eigenvalue weighted by Crippen LogP contribution is -1.91. The second-order valence-corrected chi connectivity index (χ2v) is 3.91. The van der Waals surface area contributed by atoms with Crippen molar-refractivity contribution in [3.8, 4) is 0 Å². The zero-order valence-electron chi connectivity index (χ0n) is 13.4. The molecule has 2 heteroatoms. The first kappa shape index (κ1) is 21.6. The van der Waals surface area contributed by atoms with Gasteiger partial charge in [0.1, 0.15) is 0 Å². The molecule has 0 aliphatic heterocycles. The standard InChI is InChI=1S/C8H18.C5H10N2.C2H6/c1-4-6-8(3)7-5-2;1-4-5(2)7-6-3;1-2/h8H,4-7H2,1-3H3;4H,1-3H3;1-2H3/b;5-4-,7-6?;. The fraction of sp³-hybridized carbons (Fsp3) is 0.867. The van der Waals surface area contributed by atoms with Crippen LogP contribution in [0.3, 0.4) is 0 Å². The fourth-order valence-electron chi connectivity index (χ4n) is 1.35. The van der Waals surface area contributed by atoms with Crippen molar-refractivity contribution >= 4 is 0 Å². The largest absolute Gasteiger partial charge is 0.192 e. The van der Waals surface area contributed by atoms with Gasteiger partial charge in [-0.05, 0) is 19.8 Å². The van der Waals surface area contributed by atoms with Gasteiger partial charge in [-0.3, -0.25) is 0 Å². The minimum Gasteiger partial charge on any atom is -0.192 e. The summed E-state index contributed by atoms with van der Waals surface area (Å²) in [7, 11) is 1.66. The third kappa shape index (κ3) is 25.5. The molecular formula is C15H34N2. The first-order chi connectivity index (χ1) is 8.12. The molecule has 0 unspecified atom stereocenters. The molecule has 0 saturated heterocycles. The first-order valence-electron chi connectivity index (χ1n) is 7.04. The lowest BCUT2D eigenvalue weighted by molar-refractivity contribution is 0.480. The molecule has 2 nitrogen and oxygen atoms in total. The number of rotatable bonds is 5. The number of azo groups is 1. The molecule has 0 N–H and O–H groups in total. The SMILES string of the molecule is C/C=C(/C)N=NC.CC.CCCC(C)CCC. The van der Waals surface area contributed by atoms with Gasteiger partial charge in [0.15, 0.2) is 0 Å². The van der Waals surface area contributed by atoms with Crippen LogP contribution in [0.15, 0.2) is 22.0 Å². The van der Waals surface area contributed by atoms with Crippen LogP contribution in [0.5, 0.6) is 0 Å². The number of hydrogen-bond donors (Lipinski definition) is 0. The maximum absolute atomic E-state index is 3.73. The Morgan fingerprint density at radius 1 is 1.12 bits per heavy atom. The van der Waals surface area contributed by atoms with Crippen molar-refractivity contribution in [2.24, 2.45) is 16.1 Å². The predicted octanol–water partition coefficient (Wildman–Crippen LogP) is 6.24. The Hall–Kier alpha value is -0.660. The van der Waals surface area contributed by atoms with Crippen LogP contribution in [-0.4, -0.2) is 7.05 Å². The minimum absolute atomic E-state index is 0.961. The van der Waals surface area contributed by atoms with Gasteiger partial charge in [0, 0.05) is 7.05 Å². The number of nitrogens with zero attached hydrogens (tertiary/aromatic N) is 2. The first-order valence-corrected chi connectivity index (χ1v) is 7.04. The average molecular weight is 242 g/mol. The van der Waals surface area contributed by atoms with Crippen molar-refractivity contribution in [3.05, 3.63) is 11.8 Å². The molecule has 0 amide bonds. The van der Waals surface area contributed by atoms with Crippen LogP contribution in [0.1, 0.15) is 74.1 Å². The maximum Gasteiger partial charge on any atom is 0.0552 e. The van der Waals surface area contributed by atoms with Crippen LogP contribution in [0.25, 0.3) is 0 Å². The Morgan fingerprint density at radius 3 is 1.71 bits per heavy atom. The van der Waals surface area contributed by atoms with Crippen molar-refractivity contribution in [1.82, 2.24) is 0 Å². The van der Waals surface area contributed by atoms with Crippen LogP contribution in [0, 0.1) is 5.92 Å². The number of allylic oxidation sites excluding steroid dienone is 2. The second kappa shape index (κ2) is 20.7. The molecule has 0 aromatic heterocycles. The van der Waals surface area contributed by atoms with Crippen molar-refractivity contribution in [2.75, 3.05) is 7.05 Å². The van der Waals surface area contributed by atoms with Gasteiger partial charge in [-0.2, -0.15) is 10.2 Å². The van der Waals surface area contributed by atoms with Crippen LogP contribution < -0.4 is 0 Å². The molecule has 0 aromatic rings. The quantitative estimate of drug-likeness (QED) is 0.510. The number of hydrogen-bond acceptors (Lipinski definition) is 2. The van der Waals surface area contributed by atoms with E-state index in [0.29, 0.717) is 0 Å². The minimum atomic E-state index is 0.961. The molecule has 0 aliphatic carbocycles. The van der Waals surface area contributed by atoms with E-state index in [1.54, 1.807) is 7.05 Å². The van der Waals surface area contributed by atoms with Crippen molar-refractivity contribution in [3.63, 3.8) is 0 Å². The summed E-state index contributed by atoms with van der Waals surface area (Å²) in [5, 5.41) is 7.29. The second-order valence-electron chi connectivity index (χ2n) is 3.91. The molecule has 0 saturated carbocycles. The van der Waals surface area contributed by atoms with E-state index in [-0.39, 0.29) is 0 Å². The Balaban J connectivity index is -0.000000202. The molecule has 104 valence electrons. The van der Waals surface area contributed by atoms with Crippen LogP contribution in [0.2, 0.25) is 0 Å². The van der Waals surface area contributed by atoms with Crippen LogP contribution >= 0.6 is 0 Å². The predicted molar refractivity (Wildman–Crippen MR) is 80.5 cm³/mol. The summed E-state index contributed by atoms with van der Waals surface area (Å²) in [6, 6.07) is 0. The molecule has 0 rings (SSSR count). The van der Waals surface area contributed by atoms with Gasteiger partial charge < -0.3 is 0 Å². The van der Waals surface area contributed by atoms with Crippen molar-refractivity contribution in [1.29, 1.82) is 0 Å². The van der Waals surface area contributed by atoms with Gasteiger partial charge in [-0.1, -0.05) is 66.4 Å². The van der Waals surface area contributed by atoms with Gasteiger partial charge >= 0.3 is 0 Å². The zero-order valence-corrected chi connectivity index (χ0v) is 13.4. The van der Waals surface area contributed by atoms with E-state index >= 15 is 0 Å². The molecule has 0 atom stereocenters. The highest BCUT2D eigenvalue weighted by Crippen LogP contribution is 2.10. The molecule has 0 aromatic carbocycles. The summed E-state index contributed by atoms with van der Waals surface area (Å²) in [6.07, 6.45) is 7.43. The highest BCUT2D eigenvalue weighted by atomic mass is 15.1. The van der Waals surface area contributed by atoms with Gasteiger partial charge in [-0.15, -0.1) is 0 Å². The van der Waals surface area contributed by atoms with E-state index in [1.165, 1.54) is 25.7 Å². The highest BCUT2D eigenvalue weighted by Gasteiger charge is 1.95. The molecule has 0 fully saturated rings. The molecular weight excluding hydrogens is 208 g/mol. The van der Waals surface area contributed by atoms with E-state index in [4.69, 9.17) is 0 Å². The Labute approximate surface area is 110 Å². The molecule has 17 heavy (non-hydrogen) atoms. The zero-order chi connectivity index (χ0) is 14.1. The van der Waals surface area contributed by atoms with Gasteiger partial charge in [-0.25, -0.2) is 0 Å². The van der Waals surface area contributed by atoms with E-state index in [1.807, 2.05) is 33.8 Å². The Bertz CT molecular complexity index is 166. The summed E-state index contributed by atoms with van der Waals surface area (Å²) in [6.45, 7) is 14.7. The molecule has 0 spiro atoms. The topological polar surface area (TPSA) is 24.7 Å². The third-order valence-electron chi connectivity index (χ3n) is 2.24. The van der Waals surface area contributed by atoms with Crippen molar-refractivity contribution in [2.45, 2.75) is 74.1 Å². The fourth-order valence-corrected chi connectivity index (χ4v) is 1.35. The summed E-state index contributed by atoms with van der Waals surface area (Å²) < 4.78 is 0. The van der Waals surface area contributed by atoms with E-state index in [0.717, 1.165) is 11.6 Å². The normalized spacial score (nSPS) is 10.8. The summed E-state index contributed by atoms with van der Waals surface area (Å²) >= 11 is 0.